The van der Waals surface area contributed by atoms with Gasteiger partial charge in [0.1, 0.15) is 5.82 Å². The normalized spacial score (nSPS) is 15.0. The number of amides is 1. The van der Waals surface area contributed by atoms with E-state index in [1.165, 1.54) is 17.7 Å². The van der Waals surface area contributed by atoms with Crippen LogP contribution in [0, 0.1) is 5.82 Å². The fourth-order valence-corrected chi connectivity index (χ4v) is 4.58. The highest BCUT2D eigenvalue weighted by Crippen LogP contribution is 2.26. The van der Waals surface area contributed by atoms with Gasteiger partial charge >= 0.3 is 0 Å². The van der Waals surface area contributed by atoms with E-state index >= 15 is 0 Å². The highest BCUT2D eigenvalue weighted by atomic mass is 35.5. The van der Waals surface area contributed by atoms with E-state index in [4.69, 9.17) is 11.6 Å². The Morgan fingerprint density at radius 2 is 1.57 bits per heavy atom. The molecular weight excluding hydrogens is 463 g/mol. The van der Waals surface area contributed by atoms with E-state index < -0.39 is 0 Å². The van der Waals surface area contributed by atoms with Crippen LogP contribution < -0.4 is 15.1 Å². The molecule has 4 rings (SSSR count). The summed E-state index contributed by atoms with van der Waals surface area (Å²) < 4.78 is 13.3. The summed E-state index contributed by atoms with van der Waals surface area (Å²) in [5.74, 6) is -0.227. The van der Waals surface area contributed by atoms with E-state index in [0.717, 1.165) is 43.1 Å². The first-order valence-corrected chi connectivity index (χ1v) is 12.3. The summed E-state index contributed by atoms with van der Waals surface area (Å²) in [6.45, 7) is 3.92. The van der Waals surface area contributed by atoms with Crippen LogP contribution in [0.25, 0.3) is 0 Å². The Morgan fingerprint density at radius 1 is 0.943 bits per heavy atom. The van der Waals surface area contributed by atoms with Crippen LogP contribution in [0.4, 0.5) is 15.8 Å². The average molecular weight is 495 g/mol. The van der Waals surface area contributed by atoms with Crippen molar-refractivity contribution in [3.63, 3.8) is 0 Å². The molecule has 184 valence electrons. The van der Waals surface area contributed by atoms with Crippen LogP contribution >= 0.6 is 11.6 Å². The molecule has 3 aromatic rings. The standard InChI is InChI=1S/C28H32ClFN4O/c1-32(2)25-11-5-22(6-12-25)27(20-31-28(35)19-21-3-7-23(29)8-4-21)34-17-15-33(16-18-34)26-13-9-24(30)10-14-26/h3-14,27H,15-20H2,1-2H3,(H,31,35). The van der Waals surface area contributed by atoms with E-state index in [0.29, 0.717) is 18.0 Å². The molecule has 1 aliphatic heterocycles. The maximum Gasteiger partial charge on any atom is 0.224 e. The van der Waals surface area contributed by atoms with E-state index in [9.17, 15) is 9.18 Å². The molecule has 0 radical (unpaired) electrons. The van der Waals surface area contributed by atoms with Gasteiger partial charge in [0.25, 0.3) is 0 Å². The predicted octanol–water partition coefficient (Wildman–Crippen LogP) is 4.77. The lowest BCUT2D eigenvalue weighted by atomic mass is 10.0. The van der Waals surface area contributed by atoms with Crippen molar-refractivity contribution in [2.24, 2.45) is 0 Å². The number of piperazine rings is 1. The summed E-state index contributed by atoms with van der Waals surface area (Å²) in [7, 11) is 4.05. The summed E-state index contributed by atoms with van der Waals surface area (Å²) in [6, 6.07) is 22.7. The summed E-state index contributed by atoms with van der Waals surface area (Å²) in [5.41, 5.74) is 4.29. The van der Waals surface area contributed by atoms with Gasteiger partial charge in [-0.15, -0.1) is 0 Å². The lowest BCUT2D eigenvalue weighted by Gasteiger charge is -2.40. The molecule has 5 nitrogen and oxygen atoms in total. The Hall–Kier alpha value is -3.09. The quantitative estimate of drug-likeness (QED) is 0.489. The van der Waals surface area contributed by atoms with Gasteiger partial charge in [0, 0.05) is 63.2 Å². The number of anilines is 2. The zero-order valence-corrected chi connectivity index (χ0v) is 21.0. The Bertz CT molecular complexity index is 1100. The fourth-order valence-electron chi connectivity index (χ4n) is 4.46. The van der Waals surface area contributed by atoms with Gasteiger partial charge in [-0.2, -0.15) is 0 Å². The number of carbonyl (C=O) groups is 1. The summed E-state index contributed by atoms with van der Waals surface area (Å²) in [5, 5.41) is 3.81. The molecule has 35 heavy (non-hydrogen) atoms. The first-order valence-electron chi connectivity index (χ1n) is 11.9. The molecule has 7 heteroatoms. The fraction of sp³-hybridized carbons (Fsp3) is 0.321. The average Bonchev–Trinajstić information content (AvgIpc) is 2.87. The van der Waals surface area contributed by atoms with Crippen LogP contribution in [-0.2, 0) is 11.2 Å². The third-order valence-electron chi connectivity index (χ3n) is 6.51. The third-order valence-corrected chi connectivity index (χ3v) is 6.76. The molecular formula is C28H32ClFN4O. The number of nitrogens with one attached hydrogen (secondary N) is 1. The Morgan fingerprint density at radius 3 is 2.17 bits per heavy atom. The van der Waals surface area contributed by atoms with Crippen molar-refractivity contribution in [2.75, 3.05) is 56.6 Å². The molecule has 1 unspecified atom stereocenters. The van der Waals surface area contributed by atoms with Crippen molar-refractivity contribution < 1.29 is 9.18 Å². The Balaban J connectivity index is 1.43. The maximum atomic E-state index is 13.3. The molecule has 3 aromatic carbocycles. The van der Waals surface area contributed by atoms with Gasteiger partial charge in [-0.25, -0.2) is 4.39 Å². The highest BCUT2D eigenvalue weighted by Gasteiger charge is 2.26. The molecule has 1 heterocycles. The lowest BCUT2D eigenvalue weighted by Crippen LogP contribution is -2.50. The Kier molecular flexibility index (Phi) is 8.26. The molecule has 0 aliphatic carbocycles. The monoisotopic (exact) mass is 494 g/mol. The van der Waals surface area contributed by atoms with Gasteiger partial charge in [0.2, 0.25) is 5.91 Å². The minimum atomic E-state index is -0.219. The number of carbonyl (C=O) groups excluding carboxylic acids is 1. The topological polar surface area (TPSA) is 38.8 Å². The zero-order valence-electron chi connectivity index (χ0n) is 20.3. The van der Waals surface area contributed by atoms with Crippen molar-refractivity contribution in [3.8, 4) is 0 Å². The number of rotatable bonds is 8. The minimum absolute atomic E-state index is 0.00724. The van der Waals surface area contributed by atoms with Crippen molar-refractivity contribution in [2.45, 2.75) is 12.5 Å². The molecule has 0 spiro atoms. The van der Waals surface area contributed by atoms with Crippen LogP contribution in [0.1, 0.15) is 17.2 Å². The van der Waals surface area contributed by atoms with Crippen LogP contribution in [0.3, 0.4) is 0 Å². The maximum absolute atomic E-state index is 13.3. The summed E-state index contributed by atoms with van der Waals surface area (Å²) in [4.78, 5) is 19.5. The van der Waals surface area contributed by atoms with E-state index in [1.54, 1.807) is 12.1 Å². The third kappa shape index (κ3) is 6.74. The highest BCUT2D eigenvalue weighted by molar-refractivity contribution is 6.30. The first-order chi connectivity index (χ1) is 16.9. The van der Waals surface area contributed by atoms with Gasteiger partial charge in [-0.05, 0) is 59.7 Å². The lowest BCUT2D eigenvalue weighted by molar-refractivity contribution is -0.120. The Labute approximate surface area is 212 Å². The molecule has 1 fully saturated rings. The van der Waals surface area contributed by atoms with Crippen LogP contribution in [-0.4, -0.2) is 57.6 Å². The van der Waals surface area contributed by atoms with Crippen LogP contribution in [0.15, 0.2) is 72.8 Å². The van der Waals surface area contributed by atoms with E-state index in [1.807, 2.05) is 38.4 Å². The van der Waals surface area contributed by atoms with E-state index in [-0.39, 0.29) is 17.8 Å². The van der Waals surface area contributed by atoms with Gasteiger partial charge in [-0.3, -0.25) is 9.69 Å². The van der Waals surface area contributed by atoms with Crippen molar-refractivity contribution in [1.29, 1.82) is 0 Å². The molecule has 1 saturated heterocycles. The van der Waals surface area contributed by atoms with Crippen molar-refractivity contribution in [1.82, 2.24) is 10.2 Å². The van der Waals surface area contributed by atoms with Crippen LogP contribution in [0.2, 0.25) is 5.02 Å². The minimum Gasteiger partial charge on any atom is -0.378 e. The number of hydrogen-bond acceptors (Lipinski definition) is 4. The van der Waals surface area contributed by atoms with Crippen LogP contribution in [0.5, 0.6) is 0 Å². The smallest absolute Gasteiger partial charge is 0.224 e. The summed E-state index contributed by atoms with van der Waals surface area (Å²) >= 11 is 5.96. The number of benzene rings is 3. The summed E-state index contributed by atoms with van der Waals surface area (Å²) in [6.07, 6.45) is 0.321. The molecule has 0 saturated carbocycles. The predicted molar refractivity (Wildman–Crippen MR) is 142 cm³/mol. The van der Waals surface area contributed by atoms with Gasteiger partial charge in [-0.1, -0.05) is 35.9 Å². The van der Waals surface area contributed by atoms with Gasteiger partial charge in [0.15, 0.2) is 0 Å². The SMILES string of the molecule is CN(C)c1ccc(C(CNC(=O)Cc2ccc(Cl)cc2)N2CCN(c3ccc(F)cc3)CC2)cc1. The zero-order chi connectivity index (χ0) is 24.8. The molecule has 1 amide bonds. The van der Waals surface area contributed by atoms with Gasteiger partial charge < -0.3 is 15.1 Å². The second-order valence-corrected chi connectivity index (χ2v) is 9.54. The molecule has 1 N–H and O–H groups in total. The van der Waals surface area contributed by atoms with Crippen molar-refractivity contribution >= 4 is 28.9 Å². The molecule has 1 atom stereocenters. The first kappa shape index (κ1) is 25.0. The number of halogens is 2. The molecule has 0 bridgehead atoms. The molecule has 1 aliphatic rings. The second-order valence-electron chi connectivity index (χ2n) is 9.11. The second kappa shape index (κ2) is 11.6. The van der Waals surface area contributed by atoms with Gasteiger partial charge in [0.05, 0.1) is 12.5 Å². The van der Waals surface area contributed by atoms with E-state index in [2.05, 4.69) is 44.3 Å². The van der Waals surface area contributed by atoms with Crippen molar-refractivity contribution in [3.05, 3.63) is 94.8 Å². The number of nitrogens with zero attached hydrogens (tertiary/aromatic N) is 3. The number of hydrogen-bond donors (Lipinski definition) is 1. The molecule has 0 aromatic heterocycles. The largest absolute Gasteiger partial charge is 0.378 e.